The Balaban J connectivity index is 1.32. The van der Waals surface area contributed by atoms with Gasteiger partial charge in [0.05, 0.1) is 17.9 Å². The van der Waals surface area contributed by atoms with Crippen LogP contribution in [0.2, 0.25) is 0 Å². The summed E-state index contributed by atoms with van der Waals surface area (Å²) < 4.78 is 40.5. The van der Waals surface area contributed by atoms with E-state index in [-0.39, 0.29) is 11.4 Å². The second-order valence-electron chi connectivity index (χ2n) is 8.55. The second kappa shape index (κ2) is 10.3. The van der Waals surface area contributed by atoms with Gasteiger partial charge in [0.15, 0.2) is 17.5 Å². The molecular weight excluding hydrogens is 460 g/mol. The van der Waals surface area contributed by atoms with Crippen LogP contribution < -0.4 is 4.74 Å². The summed E-state index contributed by atoms with van der Waals surface area (Å²) in [6, 6.07) is 20.3. The first-order valence-corrected chi connectivity index (χ1v) is 11.6. The van der Waals surface area contributed by atoms with E-state index in [0.29, 0.717) is 31.1 Å². The molecule has 5 rings (SSSR count). The molecule has 7 heteroatoms. The lowest BCUT2D eigenvalue weighted by molar-refractivity contribution is 0.146. The lowest BCUT2D eigenvalue weighted by Gasteiger charge is -2.12. The van der Waals surface area contributed by atoms with Gasteiger partial charge in [0.25, 0.3) is 0 Å². The number of methoxy groups -OCH3 is 1. The monoisotopic (exact) mass is 485 g/mol. The Morgan fingerprint density at radius 3 is 2.44 bits per heavy atom. The normalized spacial score (nSPS) is 11.2. The number of rotatable bonds is 8. The standard InChI is InChI=1S/C29H25F2N3O2/c1-19-16-22(36-15-14-35-2)10-11-23(19)21-8-6-20(7-9-21)17-34-13-12-26-27(18-34)33-29(32-26)24-4-3-5-25(30)28(24)31/h3-13,16,18H,14-15,17H2,1-2H3. The minimum atomic E-state index is -0.940. The largest absolute Gasteiger partial charge is 0.491 e. The molecule has 0 N–H and O–H groups in total. The zero-order chi connectivity index (χ0) is 25.1. The van der Waals surface area contributed by atoms with E-state index in [1.54, 1.807) is 7.11 Å². The van der Waals surface area contributed by atoms with Crippen molar-refractivity contribution in [3.63, 3.8) is 0 Å². The third kappa shape index (κ3) is 4.97. The molecule has 3 aromatic carbocycles. The number of pyridine rings is 1. The number of ether oxygens (including phenoxy) is 2. The molecule has 2 heterocycles. The highest BCUT2D eigenvalue weighted by Gasteiger charge is 2.17. The van der Waals surface area contributed by atoms with Crippen LogP contribution in [0.15, 0.2) is 79.1 Å². The second-order valence-corrected chi connectivity index (χ2v) is 8.55. The molecule has 2 aliphatic heterocycles. The summed E-state index contributed by atoms with van der Waals surface area (Å²) in [6.45, 7) is 3.78. The van der Waals surface area contributed by atoms with Crippen LogP contribution in [-0.2, 0) is 11.3 Å². The molecule has 0 atom stereocenters. The minimum Gasteiger partial charge on any atom is -0.491 e. The summed E-state index contributed by atoms with van der Waals surface area (Å²) in [5.74, 6) is -0.851. The smallest absolute Gasteiger partial charge is 0.169 e. The van der Waals surface area contributed by atoms with Crippen molar-refractivity contribution in [3.05, 3.63) is 102 Å². The molecule has 0 saturated carbocycles. The SMILES string of the molecule is COCCOc1ccc(-c2ccc(Cn3ccc4nc(-c5cccc(F)c5F)nc-4c3)cc2)c(C)c1. The highest BCUT2D eigenvalue weighted by atomic mass is 19.2. The number of aryl methyl sites for hydroxylation is 1. The van der Waals surface area contributed by atoms with E-state index in [0.717, 1.165) is 34.1 Å². The first-order chi connectivity index (χ1) is 17.5. The predicted octanol–water partition coefficient (Wildman–Crippen LogP) is 6.38. The van der Waals surface area contributed by atoms with Crippen LogP contribution in [0.1, 0.15) is 11.1 Å². The van der Waals surface area contributed by atoms with Gasteiger partial charge in [0, 0.05) is 26.0 Å². The highest BCUT2D eigenvalue weighted by Crippen LogP contribution is 2.29. The number of nitrogens with zero attached hydrogens (tertiary/aromatic N) is 3. The fourth-order valence-electron chi connectivity index (χ4n) is 4.14. The Kier molecular flexibility index (Phi) is 6.73. The van der Waals surface area contributed by atoms with Crippen LogP contribution >= 0.6 is 0 Å². The number of benzene rings is 3. The van der Waals surface area contributed by atoms with Crippen molar-refractivity contribution in [2.24, 2.45) is 0 Å². The van der Waals surface area contributed by atoms with Gasteiger partial charge >= 0.3 is 0 Å². The third-order valence-corrected chi connectivity index (χ3v) is 6.00. The first-order valence-electron chi connectivity index (χ1n) is 11.6. The average molecular weight is 486 g/mol. The van der Waals surface area contributed by atoms with Crippen LogP contribution in [-0.4, -0.2) is 34.9 Å². The Morgan fingerprint density at radius 2 is 1.67 bits per heavy atom. The predicted molar refractivity (Wildman–Crippen MR) is 135 cm³/mol. The quantitative estimate of drug-likeness (QED) is 0.240. The molecule has 0 radical (unpaired) electrons. The Hall–Kier alpha value is -4.10. The van der Waals surface area contributed by atoms with Crippen LogP contribution in [0.5, 0.6) is 5.75 Å². The summed E-state index contributed by atoms with van der Waals surface area (Å²) in [5.41, 5.74) is 5.84. The molecule has 0 aromatic heterocycles. The Morgan fingerprint density at radius 1 is 0.861 bits per heavy atom. The molecular formula is C29H25F2N3O2. The molecule has 0 aliphatic carbocycles. The van der Waals surface area contributed by atoms with Gasteiger partial charge in [-0.1, -0.05) is 36.4 Å². The van der Waals surface area contributed by atoms with Crippen molar-refractivity contribution in [1.82, 2.24) is 14.5 Å². The number of imidazole rings is 1. The van der Waals surface area contributed by atoms with E-state index in [2.05, 4.69) is 47.2 Å². The minimum absolute atomic E-state index is 0.0539. The van der Waals surface area contributed by atoms with Crippen molar-refractivity contribution >= 4 is 0 Å². The lowest BCUT2D eigenvalue weighted by Crippen LogP contribution is -2.04. The maximum absolute atomic E-state index is 14.2. The molecule has 2 aliphatic rings. The number of hydrogen-bond donors (Lipinski definition) is 0. The molecule has 0 bridgehead atoms. The Bertz CT molecular complexity index is 1460. The maximum atomic E-state index is 14.2. The summed E-state index contributed by atoms with van der Waals surface area (Å²) in [7, 11) is 1.65. The highest BCUT2D eigenvalue weighted by molar-refractivity contribution is 5.68. The van der Waals surface area contributed by atoms with Crippen molar-refractivity contribution < 1.29 is 18.3 Å². The fourth-order valence-corrected chi connectivity index (χ4v) is 4.14. The lowest BCUT2D eigenvalue weighted by atomic mass is 9.99. The van der Waals surface area contributed by atoms with Crippen LogP contribution in [0.3, 0.4) is 0 Å². The van der Waals surface area contributed by atoms with Crippen LogP contribution in [0.25, 0.3) is 33.9 Å². The number of fused-ring (bicyclic) bond motifs is 1. The number of hydrogen-bond acceptors (Lipinski definition) is 4. The van der Waals surface area contributed by atoms with Gasteiger partial charge in [-0.05, 0) is 59.5 Å². The zero-order valence-corrected chi connectivity index (χ0v) is 20.0. The van der Waals surface area contributed by atoms with Gasteiger partial charge in [-0.3, -0.25) is 0 Å². The maximum Gasteiger partial charge on any atom is 0.169 e. The Labute approximate surface area is 208 Å². The van der Waals surface area contributed by atoms with E-state index < -0.39 is 11.6 Å². The number of halogens is 2. The van der Waals surface area contributed by atoms with Gasteiger partial charge in [-0.2, -0.15) is 0 Å². The van der Waals surface area contributed by atoms with E-state index in [1.807, 2.05) is 35.2 Å². The van der Waals surface area contributed by atoms with E-state index >= 15 is 0 Å². The summed E-state index contributed by atoms with van der Waals surface area (Å²) >= 11 is 0. The zero-order valence-electron chi connectivity index (χ0n) is 20.0. The van der Waals surface area contributed by atoms with E-state index in [1.165, 1.54) is 12.1 Å². The van der Waals surface area contributed by atoms with Crippen LogP contribution in [0.4, 0.5) is 8.78 Å². The van der Waals surface area contributed by atoms with Crippen molar-refractivity contribution in [1.29, 1.82) is 0 Å². The number of aromatic nitrogens is 3. The van der Waals surface area contributed by atoms with E-state index in [9.17, 15) is 8.78 Å². The summed E-state index contributed by atoms with van der Waals surface area (Å²) in [4.78, 5) is 8.79. The fraction of sp³-hybridized carbons (Fsp3) is 0.172. The van der Waals surface area contributed by atoms with E-state index in [4.69, 9.17) is 9.47 Å². The van der Waals surface area contributed by atoms with Crippen LogP contribution in [0, 0.1) is 18.6 Å². The van der Waals surface area contributed by atoms with Crippen molar-refractivity contribution in [2.75, 3.05) is 20.3 Å². The van der Waals surface area contributed by atoms with Gasteiger partial charge in [-0.15, -0.1) is 0 Å². The topological polar surface area (TPSA) is 49.2 Å². The first kappa shape index (κ1) is 23.6. The molecule has 0 spiro atoms. The van der Waals surface area contributed by atoms with Gasteiger partial charge in [-0.25, -0.2) is 18.7 Å². The molecule has 5 nitrogen and oxygen atoms in total. The summed E-state index contributed by atoms with van der Waals surface area (Å²) in [5, 5.41) is 0. The van der Waals surface area contributed by atoms with Crippen molar-refractivity contribution in [3.8, 4) is 39.7 Å². The van der Waals surface area contributed by atoms with Gasteiger partial charge in [0.2, 0.25) is 0 Å². The van der Waals surface area contributed by atoms with Gasteiger partial charge in [0.1, 0.15) is 18.1 Å². The molecule has 0 unspecified atom stereocenters. The average Bonchev–Trinajstić information content (AvgIpc) is 3.30. The molecule has 0 amide bonds. The molecule has 0 fully saturated rings. The van der Waals surface area contributed by atoms with Crippen molar-refractivity contribution in [2.45, 2.75) is 13.5 Å². The molecule has 182 valence electrons. The molecule has 3 aromatic rings. The summed E-state index contributed by atoms with van der Waals surface area (Å²) in [6.07, 6.45) is 3.77. The molecule has 0 saturated heterocycles. The third-order valence-electron chi connectivity index (χ3n) is 6.00. The van der Waals surface area contributed by atoms with Gasteiger partial charge < -0.3 is 14.0 Å². The molecule has 36 heavy (non-hydrogen) atoms.